The molecule has 1 aromatic rings. The molecule has 0 saturated carbocycles. The van der Waals surface area contributed by atoms with Gasteiger partial charge in [0, 0.05) is 16.5 Å². The van der Waals surface area contributed by atoms with Crippen molar-refractivity contribution < 1.29 is 22.7 Å². The Hall–Kier alpha value is -1.04. The lowest BCUT2D eigenvalue weighted by Crippen LogP contribution is -2.18. The molecule has 0 bridgehead atoms. The minimum Gasteiger partial charge on any atom is -0.405 e. The smallest absolute Gasteiger partial charge is 0.405 e. The standard InChI is InChI=1S/C10H8BrF3O2/c1-6(15)4-7-5-8(11)2-3-9(7)16-10(12,13)14/h2-3,5H,4H2,1H3. The van der Waals surface area contributed by atoms with Crippen molar-refractivity contribution >= 4 is 21.7 Å². The fourth-order valence-electron chi connectivity index (χ4n) is 1.18. The van der Waals surface area contributed by atoms with Gasteiger partial charge in [-0.25, -0.2) is 0 Å². The van der Waals surface area contributed by atoms with Crippen LogP contribution in [0.25, 0.3) is 0 Å². The lowest BCUT2D eigenvalue weighted by Gasteiger charge is -2.12. The zero-order valence-electron chi connectivity index (χ0n) is 8.27. The van der Waals surface area contributed by atoms with E-state index < -0.39 is 6.36 Å². The van der Waals surface area contributed by atoms with Crippen LogP contribution < -0.4 is 4.74 Å². The zero-order valence-corrected chi connectivity index (χ0v) is 9.85. The topological polar surface area (TPSA) is 26.3 Å². The quantitative estimate of drug-likeness (QED) is 0.854. The van der Waals surface area contributed by atoms with Gasteiger partial charge in [-0.15, -0.1) is 13.2 Å². The highest BCUT2D eigenvalue weighted by atomic mass is 79.9. The highest BCUT2D eigenvalue weighted by Gasteiger charge is 2.32. The normalized spacial score (nSPS) is 11.3. The molecule has 0 spiro atoms. The lowest BCUT2D eigenvalue weighted by atomic mass is 10.1. The molecule has 16 heavy (non-hydrogen) atoms. The number of hydrogen-bond acceptors (Lipinski definition) is 2. The predicted molar refractivity (Wildman–Crippen MR) is 55.2 cm³/mol. The number of ketones is 1. The molecule has 0 aliphatic rings. The van der Waals surface area contributed by atoms with E-state index in [0.717, 1.165) is 0 Å². The van der Waals surface area contributed by atoms with Gasteiger partial charge in [0.25, 0.3) is 0 Å². The van der Waals surface area contributed by atoms with Crippen LogP contribution in [-0.4, -0.2) is 12.1 Å². The number of benzene rings is 1. The van der Waals surface area contributed by atoms with Gasteiger partial charge >= 0.3 is 6.36 Å². The maximum Gasteiger partial charge on any atom is 0.573 e. The molecule has 0 aliphatic heterocycles. The Kier molecular flexibility index (Phi) is 3.96. The SMILES string of the molecule is CC(=O)Cc1cc(Br)ccc1OC(F)(F)F. The number of halogens is 4. The largest absolute Gasteiger partial charge is 0.573 e. The summed E-state index contributed by atoms with van der Waals surface area (Å²) in [4.78, 5) is 10.9. The summed E-state index contributed by atoms with van der Waals surface area (Å²) in [6.07, 6.45) is -4.84. The van der Waals surface area contributed by atoms with E-state index in [0.29, 0.717) is 4.47 Å². The Labute approximate surface area is 98.5 Å². The van der Waals surface area contributed by atoms with Crippen molar-refractivity contribution in [2.75, 3.05) is 0 Å². The average Bonchev–Trinajstić information content (AvgIpc) is 2.06. The Morgan fingerprint density at radius 1 is 1.44 bits per heavy atom. The predicted octanol–water partition coefficient (Wildman–Crippen LogP) is 3.48. The van der Waals surface area contributed by atoms with Gasteiger partial charge in [0.05, 0.1) is 0 Å². The van der Waals surface area contributed by atoms with Crippen LogP contribution in [0, 0.1) is 0 Å². The summed E-state index contributed by atoms with van der Waals surface area (Å²) in [5.41, 5.74) is 0.208. The van der Waals surface area contributed by atoms with E-state index >= 15 is 0 Å². The van der Waals surface area contributed by atoms with Crippen LogP contribution >= 0.6 is 15.9 Å². The van der Waals surface area contributed by atoms with Crippen molar-refractivity contribution in [2.45, 2.75) is 19.7 Å². The summed E-state index contributed by atoms with van der Waals surface area (Å²) in [6.45, 7) is 1.30. The maximum absolute atomic E-state index is 12.0. The molecule has 0 saturated heterocycles. The van der Waals surface area contributed by atoms with E-state index in [1.165, 1.54) is 25.1 Å². The second kappa shape index (κ2) is 4.86. The minimum absolute atomic E-state index is 0.0924. The van der Waals surface area contributed by atoms with Crippen molar-refractivity contribution in [3.63, 3.8) is 0 Å². The molecule has 2 nitrogen and oxygen atoms in total. The van der Waals surface area contributed by atoms with Crippen LogP contribution in [-0.2, 0) is 11.2 Å². The monoisotopic (exact) mass is 296 g/mol. The van der Waals surface area contributed by atoms with Gasteiger partial charge in [-0.2, -0.15) is 0 Å². The number of hydrogen-bond donors (Lipinski definition) is 0. The van der Waals surface area contributed by atoms with Crippen molar-refractivity contribution in [3.8, 4) is 5.75 Å². The summed E-state index contributed by atoms with van der Waals surface area (Å²) in [6, 6.07) is 4.03. The summed E-state index contributed by atoms with van der Waals surface area (Å²) in [5.74, 6) is -0.573. The first-order valence-electron chi connectivity index (χ1n) is 4.31. The van der Waals surface area contributed by atoms with E-state index in [1.54, 1.807) is 0 Å². The van der Waals surface area contributed by atoms with E-state index in [4.69, 9.17) is 0 Å². The molecular weight excluding hydrogens is 289 g/mol. The third-order valence-electron chi connectivity index (χ3n) is 1.69. The molecule has 88 valence electrons. The molecule has 1 aromatic carbocycles. The Balaban J connectivity index is 3.02. The fourth-order valence-corrected chi connectivity index (χ4v) is 1.59. The molecular formula is C10H8BrF3O2. The van der Waals surface area contributed by atoms with Gasteiger partial charge in [-0.3, -0.25) is 4.79 Å². The first-order chi connectivity index (χ1) is 7.28. The zero-order chi connectivity index (χ0) is 12.3. The molecule has 0 amide bonds. The van der Waals surface area contributed by atoms with E-state index in [1.807, 2.05) is 0 Å². The van der Waals surface area contributed by atoms with Crippen LogP contribution in [0.3, 0.4) is 0 Å². The maximum atomic E-state index is 12.0. The van der Waals surface area contributed by atoms with Gasteiger partial charge in [-0.05, 0) is 25.1 Å². The number of carbonyl (C=O) groups excluding carboxylic acids is 1. The molecule has 1 rings (SSSR count). The number of Topliss-reactive ketones (excluding diaryl/α,β-unsaturated/α-hetero) is 1. The Morgan fingerprint density at radius 3 is 2.56 bits per heavy atom. The minimum atomic E-state index is -4.75. The summed E-state index contributed by atoms with van der Waals surface area (Å²) >= 11 is 3.12. The van der Waals surface area contributed by atoms with Gasteiger partial charge < -0.3 is 4.74 Å². The summed E-state index contributed by atoms with van der Waals surface area (Å²) in [7, 11) is 0. The van der Waals surface area contributed by atoms with E-state index in [9.17, 15) is 18.0 Å². The third kappa shape index (κ3) is 4.22. The van der Waals surface area contributed by atoms with Crippen LogP contribution in [0.4, 0.5) is 13.2 Å². The van der Waals surface area contributed by atoms with Gasteiger partial charge in [0.1, 0.15) is 11.5 Å². The third-order valence-corrected chi connectivity index (χ3v) is 2.18. The molecule has 6 heteroatoms. The van der Waals surface area contributed by atoms with Crippen molar-refractivity contribution in [1.82, 2.24) is 0 Å². The van der Waals surface area contributed by atoms with E-state index in [2.05, 4.69) is 20.7 Å². The molecule has 0 heterocycles. The van der Waals surface area contributed by atoms with Crippen LogP contribution in [0.5, 0.6) is 5.75 Å². The molecule has 0 aromatic heterocycles. The van der Waals surface area contributed by atoms with Gasteiger partial charge in [-0.1, -0.05) is 15.9 Å². The molecule has 0 N–H and O–H groups in total. The van der Waals surface area contributed by atoms with Crippen molar-refractivity contribution in [1.29, 1.82) is 0 Å². The second-order valence-corrected chi connectivity index (χ2v) is 4.09. The Morgan fingerprint density at radius 2 is 2.06 bits per heavy atom. The first kappa shape index (κ1) is 13.0. The summed E-state index contributed by atoms with van der Waals surface area (Å²) < 4.78 is 40.5. The van der Waals surface area contributed by atoms with Crippen LogP contribution in [0.15, 0.2) is 22.7 Å². The van der Waals surface area contributed by atoms with Gasteiger partial charge in [0.2, 0.25) is 0 Å². The highest BCUT2D eigenvalue weighted by molar-refractivity contribution is 9.10. The van der Waals surface area contributed by atoms with Crippen LogP contribution in [0.2, 0.25) is 0 Å². The number of ether oxygens (including phenoxy) is 1. The fraction of sp³-hybridized carbons (Fsp3) is 0.300. The Bertz CT molecular complexity index is 402. The lowest BCUT2D eigenvalue weighted by molar-refractivity contribution is -0.274. The second-order valence-electron chi connectivity index (χ2n) is 3.18. The van der Waals surface area contributed by atoms with Crippen molar-refractivity contribution in [3.05, 3.63) is 28.2 Å². The highest BCUT2D eigenvalue weighted by Crippen LogP contribution is 2.29. The van der Waals surface area contributed by atoms with Crippen LogP contribution in [0.1, 0.15) is 12.5 Å². The first-order valence-corrected chi connectivity index (χ1v) is 5.11. The summed E-state index contributed by atoms with van der Waals surface area (Å²) in [5, 5.41) is 0. The van der Waals surface area contributed by atoms with Crippen molar-refractivity contribution in [2.24, 2.45) is 0 Å². The number of carbonyl (C=O) groups is 1. The molecule has 0 radical (unpaired) electrons. The van der Waals surface area contributed by atoms with E-state index in [-0.39, 0.29) is 23.5 Å². The molecule has 0 aliphatic carbocycles. The molecule has 0 unspecified atom stereocenters. The number of rotatable bonds is 3. The molecule has 0 atom stereocenters. The molecule has 0 fully saturated rings. The number of alkyl halides is 3. The average molecular weight is 297 g/mol. The van der Waals surface area contributed by atoms with Gasteiger partial charge in [0.15, 0.2) is 0 Å².